The van der Waals surface area contributed by atoms with Crippen LogP contribution in [0.2, 0.25) is 10.0 Å². The topological polar surface area (TPSA) is 144 Å². The maximum absolute atomic E-state index is 12.7. The van der Waals surface area contributed by atoms with Crippen LogP contribution in [0.3, 0.4) is 0 Å². The van der Waals surface area contributed by atoms with Crippen LogP contribution in [-0.2, 0) is 0 Å². The molecule has 0 aliphatic heterocycles. The molecule has 0 unspecified atom stereocenters. The van der Waals surface area contributed by atoms with Gasteiger partial charge >= 0.3 is 0 Å². The minimum absolute atomic E-state index is 0.0149. The van der Waals surface area contributed by atoms with Crippen molar-refractivity contribution in [1.82, 2.24) is 10.6 Å². The summed E-state index contributed by atoms with van der Waals surface area (Å²) in [7, 11) is 0. The Morgan fingerprint density at radius 3 is 1.38 bits per heavy atom. The molecule has 10 nitrogen and oxygen atoms in total. The molecule has 0 spiro atoms. The van der Waals surface area contributed by atoms with Crippen molar-refractivity contribution in [3.63, 3.8) is 0 Å². The number of nitro groups is 2. The smallest absolute Gasteiger partial charge is 0.283 e. The Labute approximate surface area is 235 Å². The second kappa shape index (κ2) is 12.7. The second-order valence-electron chi connectivity index (χ2n) is 10.5. The van der Waals surface area contributed by atoms with Gasteiger partial charge in [0.2, 0.25) is 0 Å². The summed E-state index contributed by atoms with van der Waals surface area (Å²) in [5, 5.41) is 28.9. The Balaban J connectivity index is 1.20. The molecule has 2 N–H and O–H groups in total. The molecule has 4 rings (SSSR count). The van der Waals surface area contributed by atoms with E-state index in [0.717, 1.165) is 57.8 Å². The average molecular weight is 577 g/mol. The summed E-state index contributed by atoms with van der Waals surface area (Å²) in [5.74, 6) is 0.198. The van der Waals surface area contributed by atoms with Crippen molar-refractivity contribution in [2.45, 2.75) is 69.9 Å². The highest BCUT2D eigenvalue weighted by atomic mass is 35.5. The van der Waals surface area contributed by atoms with E-state index in [9.17, 15) is 29.8 Å². The van der Waals surface area contributed by atoms with E-state index in [1.54, 1.807) is 0 Å². The number of hydrogen-bond donors (Lipinski definition) is 2. The predicted molar refractivity (Wildman–Crippen MR) is 147 cm³/mol. The lowest BCUT2D eigenvalue weighted by Crippen LogP contribution is -2.39. The van der Waals surface area contributed by atoms with Crippen LogP contribution in [0.15, 0.2) is 36.4 Å². The number of carbonyl (C=O) groups excluding carboxylic acids is 2. The fraction of sp³-hybridized carbons (Fsp3) is 0.481. The number of halogens is 2. The molecule has 0 bridgehead atoms. The van der Waals surface area contributed by atoms with E-state index in [1.807, 2.05) is 0 Å². The van der Waals surface area contributed by atoms with Gasteiger partial charge in [-0.25, -0.2) is 0 Å². The van der Waals surface area contributed by atoms with Gasteiger partial charge < -0.3 is 10.6 Å². The van der Waals surface area contributed by atoms with Gasteiger partial charge in [0.25, 0.3) is 23.2 Å². The van der Waals surface area contributed by atoms with Crippen LogP contribution in [-0.4, -0.2) is 33.7 Å². The van der Waals surface area contributed by atoms with Gasteiger partial charge in [-0.05, 0) is 93.9 Å². The molecule has 0 saturated heterocycles. The SMILES string of the molecule is O=C(NC1CCC(CC2CCC(NC(=O)c3ccc(Cl)cc3[N+](=O)[O-])CC2)CC1)c1ccc(Cl)cc1[N+](=O)[O-]. The predicted octanol–water partition coefficient (Wildman–Crippen LogP) is 6.48. The van der Waals surface area contributed by atoms with Gasteiger partial charge in [-0.3, -0.25) is 29.8 Å². The highest BCUT2D eigenvalue weighted by Crippen LogP contribution is 2.36. The highest BCUT2D eigenvalue weighted by Gasteiger charge is 2.30. The number of rotatable bonds is 8. The number of benzene rings is 2. The molecule has 2 aliphatic carbocycles. The van der Waals surface area contributed by atoms with Crippen LogP contribution < -0.4 is 10.6 Å². The van der Waals surface area contributed by atoms with E-state index >= 15 is 0 Å². The quantitative estimate of drug-likeness (QED) is 0.272. The molecule has 2 fully saturated rings. The first kappa shape index (κ1) is 28.8. The maximum Gasteiger partial charge on any atom is 0.283 e. The number of amides is 2. The number of nitrogens with zero attached hydrogens (tertiary/aromatic N) is 2. The third-order valence-corrected chi connectivity index (χ3v) is 8.30. The Bertz CT molecular complexity index is 1160. The molecule has 2 aliphatic rings. The zero-order chi connectivity index (χ0) is 28.1. The minimum atomic E-state index is -0.598. The molecule has 0 heterocycles. The van der Waals surface area contributed by atoms with E-state index in [2.05, 4.69) is 10.6 Å². The van der Waals surface area contributed by atoms with E-state index in [0.29, 0.717) is 11.8 Å². The number of carbonyl (C=O) groups is 2. The largest absolute Gasteiger partial charge is 0.349 e. The van der Waals surface area contributed by atoms with Crippen LogP contribution in [0.4, 0.5) is 11.4 Å². The van der Waals surface area contributed by atoms with E-state index < -0.39 is 21.7 Å². The zero-order valence-electron chi connectivity index (χ0n) is 21.2. The van der Waals surface area contributed by atoms with Crippen LogP contribution in [0.1, 0.15) is 78.5 Å². The van der Waals surface area contributed by atoms with Crippen molar-refractivity contribution in [3.05, 3.63) is 77.8 Å². The summed E-state index contributed by atoms with van der Waals surface area (Å²) < 4.78 is 0. The summed E-state index contributed by atoms with van der Waals surface area (Å²) in [6.07, 6.45) is 8.29. The summed E-state index contributed by atoms with van der Waals surface area (Å²) in [4.78, 5) is 46.8. The summed E-state index contributed by atoms with van der Waals surface area (Å²) in [6.45, 7) is 0. The van der Waals surface area contributed by atoms with Crippen LogP contribution in [0.5, 0.6) is 0 Å². The van der Waals surface area contributed by atoms with Crippen molar-refractivity contribution >= 4 is 46.4 Å². The molecule has 2 amide bonds. The number of hydrogen-bond acceptors (Lipinski definition) is 6. The summed E-state index contributed by atoms with van der Waals surface area (Å²) in [5.41, 5.74) is -0.569. The lowest BCUT2D eigenvalue weighted by Gasteiger charge is -2.34. The highest BCUT2D eigenvalue weighted by molar-refractivity contribution is 6.31. The summed E-state index contributed by atoms with van der Waals surface area (Å²) >= 11 is 11.7. The lowest BCUT2D eigenvalue weighted by atomic mass is 9.75. The number of nitro benzene ring substituents is 2. The van der Waals surface area contributed by atoms with Gasteiger partial charge in [-0.1, -0.05) is 23.2 Å². The van der Waals surface area contributed by atoms with Crippen molar-refractivity contribution in [3.8, 4) is 0 Å². The average Bonchev–Trinajstić information content (AvgIpc) is 2.90. The van der Waals surface area contributed by atoms with Gasteiger partial charge in [0.15, 0.2) is 0 Å². The maximum atomic E-state index is 12.7. The fourth-order valence-electron chi connectivity index (χ4n) is 5.78. The first-order chi connectivity index (χ1) is 18.6. The molecular weight excluding hydrogens is 547 g/mol. The van der Waals surface area contributed by atoms with Crippen LogP contribution >= 0.6 is 23.2 Å². The van der Waals surface area contributed by atoms with Gasteiger partial charge in [-0.15, -0.1) is 0 Å². The minimum Gasteiger partial charge on any atom is -0.349 e. The van der Waals surface area contributed by atoms with Crippen molar-refractivity contribution < 1.29 is 19.4 Å². The van der Waals surface area contributed by atoms with Crippen LogP contribution in [0.25, 0.3) is 0 Å². The zero-order valence-corrected chi connectivity index (χ0v) is 22.7. The molecule has 39 heavy (non-hydrogen) atoms. The third-order valence-electron chi connectivity index (χ3n) is 7.83. The fourth-order valence-corrected chi connectivity index (χ4v) is 6.11. The molecule has 2 aromatic rings. The molecule has 208 valence electrons. The number of nitrogens with one attached hydrogen (secondary N) is 2. The van der Waals surface area contributed by atoms with Crippen LogP contribution in [0, 0.1) is 32.1 Å². The van der Waals surface area contributed by atoms with E-state index in [-0.39, 0.29) is 44.6 Å². The standard InChI is InChI=1S/C27H30Cl2N4O6/c28-18-5-11-22(24(14-18)32(36)37)26(34)30-20-7-1-16(2-8-20)13-17-3-9-21(10-4-17)31-27(35)23-12-6-19(29)15-25(23)33(38)39/h5-6,11-12,14-17,20-21H,1-4,7-10,13H2,(H,30,34)(H,31,35). The molecule has 0 radical (unpaired) electrons. The molecule has 2 saturated carbocycles. The molecule has 0 atom stereocenters. The lowest BCUT2D eigenvalue weighted by molar-refractivity contribution is -0.385. The van der Waals surface area contributed by atoms with Gasteiger partial charge in [0.1, 0.15) is 11.1 Å². The van der Waals surface area contributed by atoms with E-state index in [1.165, 1.54) is 36.4 Å². The first-order valence-electron chi connectivity index (χ1n) is 13.1. The molecule has 2 aromatic carbocycles. The van der Waals surface area contributed by atoms with Gasteiger partial charge in [0.05, 0.1) is 9.85 Å². The molecule has 0 aromatic heterocycles. The third kappa shape index (κ3) is 7.45. The van der Waals surface area contributed by atoms with Crippen molar-refractivity contribution in [2.24, 2.45) is 11.8 Å². The summed E-state index contributed by atoms with van der Waals surface area (Å²) in [6, 6.07) is 8.06. The Hall–Kier alpha value is -3.24. The van der Waals surface area contributed by atoms with Gasteiger partial charge in [0, 0.05) is 34.3 Å². The Morgan fingerprint density at radius 1 is 0.692 bits per heavy atom. The molecular formula is C27H30Cl2N4O6. The Kier molecular flexibility index (Phi) is 9.40. The Morgan fingerprint density at radius 2 is 1.05 bits per heavy atom. The van der Waals surface area contributed by atoms with Crippen molar-refractivity contribution in [2.75, 3.05) is 0 Å². The van der Waals surface area contributed by atoms with E-state index in [4.69, 9.17) is 23.2 Å². The molecule has 12 heteroatoms. The van der Waals surface area contributed by atoms with Gasteiger partial charge in [-0.2, -0.15) is 0 Å². The first-order valence-corrected chi connectivity index (χ1v) is 13.9. The monoisotopic (exact) mass is 576 g/mol. The van der Waals surface area contributed by atoms with Crippen molar-refractivity contribution in [1.29, 1.82) is 0 Å². The normalized spacial score (nSPS) is 23.0. The second-order valence-corrected chi connectivity index (χ2v) is 11.3.